The number of aromatic carboxylic acids is 1. The predicted octanol–water partition coefficient (Wildman–Crippen LogP) is 6.50. The number of fused-ring (bicyclic) bond motifs is 1. The van der Waals surface area contributed by atoms with Crippen molar-refractivity contribution in [3.05, 3.63) is 64.3 Å². The Labute approximate surface area is 158 Å². The quantitative estimate of drug-likeness (QED) is 0.572. The number of hydrogen-bond acceptors (Lipinski definition) is 2. The Hall–Kier alpha value is -2.39. The van der Waals surface area contributed by atoms with Gasteiger partial charge in [0.1, 0.15) is 0 Å². The van der Waals surface area contributed by atoms with Crippen LogP contribution in [0.3, 0.4) is 0 Å². The number of carboxylic acids is 1. The molecule has 0 spiro atoms. The number of halogens is 1. The van der Waals surface area contributed by atoms with Gasteiger partial charge in [0.25, 0.3) is 0 Å². The summed E-state index contributed by atoms with van der Waals surface area (Å²) in [6.45, 7) is 8.38. The molecular formula is C22H22ClNO2. The molecule has 0 radical (unpaired) electrons. The molecule has 0 fully saturated rings. The summed E-state index contributed by atoms with van der Waals surface area (Å²) in [6, 6.07) is 13.5. The van der Waals surface area contributed by atoms with E-state index in [0.29, 0.717) is 22.0 Å². The van der Waals surface area contributed by atoms with Gasteiger partial charge in [-0.05, 0) is 46.7 Å². The molecule has 3 rings (SSSR count). The summed E-state index contributed by atoms with van der Waals surface area (Å²) in [5.41, 5.74) is 4.44. The summed E-state index contributed by atoms with van der Waals surface area (Å²) in [5.74, 6) is -0.544. The second-order valence-corrected chi connectivity index (χ2v) is 7.59. The molecule has 0 aliphatic heterocycles. The first-order valence-corrected chi connectivity index (χ1v) is 9.14. The molecule has 0 atom stereocenters. The minimum Gasteiger partial charge on any atom is -0.476 e. The van der Waals surface area contributed by atoms with Gasteiger partial charge in [0.15, 0.2) is 5.69 Å². The Morgan fingerprint density at radius 1 is 1.04 bits per heavy atom. The van der Waals surface area contributed by atoms with E-state index in [1.54, 1.807) is 12.1 Å². The van der Waals surface area contributed by atoms with Crippen LogP contribution in [0.25, 0.3) is 22.0 Å². The molecular weight excluding hydrogens is 346 g/mol. The number of nitrogens with zero attached hydrogens (tertiary/aromatic N) is 1. The fourth-order valence-electron chi connectivity index (χ4n) is 3.36. The Balaban J connectivity index is 2.45. The van der Waals surface area contributed by atoms with Crippen molar-refractivity contribution in [3.63, 3.8) is 0 Å². The second kappa shape index (κ2) is 7.08. The molecule has 0 aliphatic rings. The van der Waals surface area contributed by atoms with E-state index in [1.807, 2.05) is 18.2 Å². The van der Waals surface area contributed by atoms with Crippen molar-refractivity contribution >= 4 is 28.5 Å². The van der Waals surface area contributed by atoms with Gasteiger partial charge in [-0.15, -0.1) is 0 Å². The van der Waals surface area contributed by atoms with Crippen molar-refractivity contribution in [1.82, 2.24) is 4.98 Å². The normalized spacial score (nSPS) is 11.5. The van der Waals surface area contributed by atoms with Crippen molar-refractivity contribution in [1.29, 1.82) is 0 Å². The average molecular weight is 368 g/mol. The molecule has 1 N–H and O–H groups in total. The standard InChI is InChI=1S/C22H22ClNO2/c1-12(2)14-6-5-7-15(10-14)20-19(13(3)4)17-11-16(23)8-9-18(17)24-21(20)22(25)26/h5-13H,1-4H3,(H,25,26). The summed E-state index contributed by atoms with van der Waals surface area (Å²) in [4.78, 5) is 16.5. The monoisotopic (exact) mass is 367 g/mol. The van der Waals surface area contributed by atoms with Gasteiger partial charge < -0.3 is 5.11 Å². The number of benzene rings is 2. The first-order chi connectivity index (χ1) is 12.3. The van der Waals surface area contributed by atoms with Crippen LogP contribution in [0.5, 0.6) is 0 Å². The number of carbonyl (C=O) groups is 1. The van der Waals surface area contributed by atoms with E-state index in [-0.39, 0.29) is 11.6 Å². The average Bonchev–Trinajstić information content (AvgIpc) is 2.59. The van der Waals surface area contributed by atoms with Crippen LogP contribution in [0.2, 0.25) is 5.02 Å². The molecule has 2 aromatic carbocycles. The molecule has 0 saturated heterocycles. The Bertz CT molecular complexity index is 993. The molecule has 134 valence electrons. The van der Waals surface area contributed by atoms with E-state index >= 15 is 0 Å². The zero-order valence-corrected chi connectivity index (χ0v) is 16.1. The number of aromatic nitrogens is 1. The molecule has 0 unspecified atom stereocenters. The predicted molar refractivity (Wildman–Crippen MR) is 107 cm³/mol. The maximum Gasteiger partial charge on any atom is 0.355 e. The first-order valence-electron chi connectivity index (χ1n) is 8.76. The van der Waals surface area contributed by atoms with E-state index in [4.69, 9.17) is 11.6 Å². The van der Waals surface area contributed by atoms with E-state index in [1.165, 1.54) is 5.56 Å². The topological polar surface area (TPSA) is 50.2 Å². The first kappa shape index (κ1) is 18.4. The number of carboxylic acid groups (broad SMARTS) is 1. The highest BCUT2D eigenvalue weighted by atomic mass is 35.5. The number of hydrogen-bond donors (Lipinski definition) is 1. The summed E-state index contributed by atoms with van der Waals surface area (Å²) in [6.07, 6.45) is 0. The maximum atomic E-state index is 12.0. The molecule has 4 heteroatoms. The molecule has 1 heterocycles. The fourth-order valence-corrected chi connectivity index (χ4v) is 3.53. The van der Waals surface area contributed by atoms with Gasteiger partial charge in [0, 0.05) is 16.0 Å². The van der Waals surface area contributed by atoms with Crippen LogP contribution in [0.1, 0.15) is 61.1 Å². The van der Waals surface area contributed by atoms with Crippen molar-refractivity contribution in [2.45, 2.75) is 39.5 Å². The van der Waals surface area contributed by atoms with Crippen molar-refractivity contribution in [3.8, 4) is 11.1 Å². The van der Waals surface area contributed by atoms with Crippen LogP contribution in [0, 0.1) is 0 Å². The van der Waals surface area contributed by atoms with E-state index in [9.17, 15) is 9.90 Å². The molecule has 0 saturated carbocycles. The third-order valence-electron chi connectivity index (χ3n) is 4.61. The van der Waals surface area contributed by atoms with Crippen LogP contribution < -0.4 is 0 Å². The SMILES string of the molecule is CC(C)c1cccc(-c2c(C(=O)O)nc3ccc(Cl)cc3c2C(C)C)c1. The van der Waals surface area contributed by atoms with Crippen molar-refractivity contribution < 1.29 is 9.90 Å². The van der Waals surface area contributed by atoms with E-state index in [2.05, 4.69) is 44.8 Å². The zero-order valence-electron chi connectivity index (χ0n) is 15.4. The van der Waals surface area contributed by atoms with Crippen LogP contribution in [-0.2, 0) is 0 Å². The zero-order chi connectivity index (χ0) is 19.0. The van der Waals surface area contributed by atoms with Gasteiger partial charge in [-0.2, -0.15) is 0 Å². The molecule has 0 amide bonds. The lowest BCUT2D eigenvalue weighted by Crippen LogP contribution is -2.08. The lowest BCUT2D eigenvalue weighted by Gasteiger charge is -2.19. The van der Waals surface area contributed by atoms with Gasteiger partial charge >= 0.3 is 5.97 Å². The van der Waals surface area contributed by atoms with Gasteiger partial charge in [-0.25, -0.2) is 9.78 Å². The molecule has 1 aromatic heterocycles. The largest absolute Gasteiger partial charge is 0.476 e. The lowest BCUT2D eigenvalue weighted by molar-refractivity contribution is 0.0691. The Kier molecular flexibility index (Phi) is 5.01. The van der Waals surface area contributed by atoms with Crippen LogP contribution in [-0.4, -0.2) is 16.1 Å². The highest BCUT2D eigenvalue weighted by Crippen LogP contribution is 2.38. The molecule has 0 aliphatic carbocycles. The summed E-state index contributed by atoms with van der Waals surface area (Å²) in [7, 11) is 0. The minimum atomic E-state index is -1.02. The van der Waals surface area contributed by atoms with Gasteiger partial charge in [0.2, 0.25) is 0 Å². The van der Waals surface area contributed by atoms with Gasteiger partial charge in [-0.1, -0.05) is 63.6 Å². The van der Waals surface area contributed by atoms with E-state index < -0.39 is 5.97 Å². The van der Waals surface area contributed by atoms with Crippen molar-refractivity contribution in [2.75, 3.05) is 0 Å². The summed E-state index contributed by atoms with van der Waals surface area (Å²) in [5, 5.41) is 11.4. The third-order valence-corrected chi connectivity index (χ3v) is 4.84. The highest BCUT2D eigenvalue weighted by Gasteiger charge is 2.23. The van der Waals surface area contributed by atoms with Gasteiger partial charge in [0.05, 0.1) is 5.52 Å². The van der Waals surface area contributed by atoms with Gasteiger partial charge in [-0.3, -0.25) is 0 Å². The second-order valence-electron chi connectivity index (χ2n) is 7.15. The highest BCUT2D eigenvalue weighted by molar-refractivity contribution is 6.31. The summed E-state index contributed by atoms with van der Waals surface area (Å²) >= 11 is 6.22. The lowest BCUT2D eigenvalue weighted by atomic mass is 9.87. The van der Waals surface area contributed by atoms with E-state index in [0.717, 1.165) is 16.5 Å². The fraction of sp³-hybridized carbons (Fsp3) is 0.273. The Morgan fingerprint density at radius 2 is 1.77 bits per heavy atom. The van der Waals surface area contributed by atoms with Crippen molar-refractivity contribution in [2.24, 2.45) is 0 Å². The maximum absolute atomic E-state index is 12.0. The molecule has 3 nitrogen and oxygen atoms in total. The number of pyridine rings is 1. The Morgan fingerprint density at radius 3 is 2.38 bits per heavy atom. The van der Waals surface area contributed by atoms with Crippen LogP contribution in [0.4, 0.5) is 0 Å². The van der Waals surface area contributed by atoms with Crippen LogP contribution >= 0.6 is 11.6 Å². The molecule has 0 bridgehead atoms. The molecule has 26 heavy (non-hydrogen) atoms. The smallest absolute Gasteiger partial charge is 0.355 e. The summed E-state index contributed by atoms with van der Waals surface area (Å²) < 4.78 is 0. The minimum absolute atomic E-state index is 0.0874. The third kappa shape index (κ3) is 3.32. The molecule has 3 aromatic rings. The number of rotatable bonds is 4. The van der Waals surface area contributed by atoms with Crippen LogP contribution in [0.15, 0.2) is 42.5 Å².